The zero-order valence-corrected chi connectivity index (χ0v) is 20.1. The van der Waals surface area contributed by atoms with Crippen LogP contribution in [0.25, 0.3) is 0 Å². The molecule has 0 amide bonds. The van der Waals surface area contributed by atoms with E-state index in [-0.39, 0.29) is 5.97 Å². The summed E-state index contributed by atoms with van der Waals surface area (Å²) in [4.78, 5) is 14.6. The Morgan fingerprint density at radius 2 is 1.54 bits per heavy atom. The predicted octanol–water partition coefficient (Wildman–Crippen LogP) is 3.91. The fourth-order valence-corrected chi connectivity index (χ4v) is 7.57. The van der Waals surface area contributed by atoms with Gasteiger partial charge in [-0.1, -0.05) is 34.6 Å². The minimum atomic E-state index is -2.58. The first-order valence-electron chi connectivity index (χ1n) is 10.1. The Bertz CT molecular complexity index is 368. The molecule has 0 fully saturated rings. The molecular weight excluding hydrogens is 366 g/mol. The van der Waals surface area contributed by atoms with Crippen molar-refractivity contribution in [2.24, 2.45) is 0 Å². The second-order valence-electron chi connectivity index (χ2n) is 6.63. The first-order valence-corrected chi connectivity index (χ1v) is 14.5. The van der Waals surface area contributed by atoms with Gasteiger partial charge in [-0.15, -0.1) is 0 Å². The summed E-state index contributed by atoms with van der Waals surface area (Å²) in [6.07, 6.45) is 1.81. The van der Waals surface area contributed by atoms with Crippen molar-refractivity contribution in [2.75, 3.05) is 40.5 Å². The highest BCUT2D eigenvalue weighted by molar-refractivity contribution is 6.74. The third kappa shape index (κ3) is 8.62. The molecule has 0 aliphatic rings. The normalized spacial score (nSPS) is 12.6. The molecule has 0 saturated heterocycles. The van der Waals surface area contributed by atoms with Crippen LogP contribution in [0.5, 0.6) is 0 Å². The van der Waals surface area contributed by atoms with Gasteiger partial charge >= 0.3 is 14.8 Å². The number of hydrogen-bond acceptors (Lipinski definition) is 6. The van der Waals surface area contributed by atoms with E-state index >= 15 is 0 Å². The SMILES string of the molecule is CCCO[Si](CCCN(CC)CC(=O)O[Si](CC)(CC)CC)(OC)OC. The van der Waals surface area contributed by atoms with Crippen molar-refractivity contribution in [2.45, 2.75) is 71.6 Å². The van der Waals surface area contributed by atoms with E-state index in [9.17, 15) is 4.79 Å². The maximum absolute atomic E-state index is 12.4. The average molecular weight is 408 g/mol. The molecule has 0 spiro atoms. The first-order chi connectivity index (χ1) is 12.4. The highest BCUT2D eigenvalue weighted by atomic mass is 28.4. The minimum Gasteiger partial charge on any atom is -0.518 e. The molecule has 156 valence electrons. The van der Waals surface area contributed by atoms with Gasteiger partial charge in [0.15, 0.2) is 0 Å². The molecule has 6 nitrogen and oxygen atoms in total. The van der Waals surface area contributed by atoms with Crippen LogP contribution >= 0.6 is 0 Å². The van der Waals surface area contributed by atoms with Crippen LogP contribution in [-0.2, 0) is 22.5 Å². The van der Waals surface area contributed by atoms with Crippen molar-refractivity contribution in [1.82, 2.24) is 4.90 Å². The summed E-state index contributed by atoms with van der Waals surface area (Å²) in [7, 11) is -1.14. The van der Waals surface area contributed by atoms with Gasteiger partial charge in [-0.05, 0) is 44.1 Å². The van der Waals surface area contributed by atoms with E-state index < -0.39 is 17.1 Å². The molecule has 0 aliphatic heterocycles. The maximum Gasteiger partial charge on any atom is 0.500 e. The number of nitrogens with zero attached hydrogens (tertiary/aromatic N) is 1. The Morgan fingerprint density at radius 3 is 1.96 bits per heavy atom. The largest absolute Gasteiger partial charge is 0.518 e. The summed E-state index contributed by atoms with van der Waals surface area (Å²) in [6.45, 7) is 13.2. The molecule has 0 heterocycles. The number of hydrogen-bond donors (Lipinski definition) is 0. The molecule has 0 N–H and O–H groups in total. The van der Waals surface area contributed by atoms with Gasteiger partial charge in [0.1, 0.15) is 0 Å². The summed E-state index contributed by atoms with van der Waals surface area (Å²) in [5.41, 5.74) is 0. The smallest absolute Gasteiger partial charge is 0.500 e. The Morgan fingerprint density at radius 1 is 0.962 bits per heavy atom. The third-order valence-electron chi connectivity index (χ3n) is 5.17. The molecule has 0 bridgehead atoms. The van der Waals surface area contributed by atoms with Crippen LogP contribution in [0, 0.1) is 0 Å². The van der Waals surface area contributed by atoms with E-state index in [1.165, 1.54) is 0 Å². The van der Waals surface area contributed by atoms with E-state index in [2.05, 4.69) is 39.5 Å². The first kappa shape index (κ1) is 25.7. The van der Waals surface area contributed by atoms with Gasteiger partial charge in [-0.2, -0.15) is 0 Å². The molecule has 0 rings (SSSR count). The van der Waals surface area contributed by atoms with Gasteiger partial charge in [-0.25, -0.2) is 0 Å². The second-order valence-corrected chi connectivity index (χ2v) is 14.3. The molecule has 0 aromatic rings. The average Bonchev–Trinajstić information content (AvgIpc) is 2.68. The van der Waals surface area contributed by atoms with E-state index in [0.717, 1.165) is 50.1 Å². The summed E-state index contributed by atoms with van der Waals surface area (Å²) < 4.78 is 23.0. The number of carbonyl (C=O) groups excluding carboxylic acids is 1. The lowest BCUT2D eigenvalue weighted by atomic mass is 10.4. The van der Waals surface area contributed by atoms with Crippen molar-refractivity contribution in [3.8, 4) is 0 Å². The Labute approximate surface area is 163 Å². The van der Waals surface area contributed by atoms with Crippen LogP contribution in [0.4, 0.5) is 0 Å². The fourth-order valence-electron chi connectivity index (χ4n) is 3.03. The zero-order valence-electron chi connectivity index (χ0n) is 18.1. The quantitative estimate of drug-likeness (QED) is 0.362. The van der Waals surface area contributed by atoms with Gasteiger partial charge in [0.25, 0.3) is 8.32 Å². The van der Waals surface area contributed by atoms with Crippen LogP contribution < -0.4 is 0 Å². The van der Waals surface area contributed by atoms with E-state index in [4.69, 9.17) is 17.7 Å². The van der Waals surface area contributed by atoms with Crippen molar-refractivity contribution < 1.29 is 22.5 Å². The van der Waals surface area contributed by atoms with Gasteiger partial charge in [0.2, 0.25) is 0 Å². The third-order valence-corrected chi connectivity index (χ3v) is 12.5. The van der Waals surface area contributed by atoms with E-state index in [0.29, 0.717) is 13.2 Å². The lowest BCUT2D eigenvalue weighted by Gasteiger charge is -2.30. The summed E-state index contributed by atoms with van der Waals surface area (Å²) >= 11 is 0. The highest BCUT2D eigenvalue weighted by Gasteiger charge is 2.38. The van der Waals surface area contributed by atoms with Gasteiger partial charge in [0.05, 0.1) is 6.54 Å². The van der Waals surface area contributed by atoms with E-state index in [1.807, 2.05) is 0 Å². The second kappa shape index (κ2) is 13.8. The fraction of sp³-hybridized carbons (Fsp3) is 0.944. The molecule has 0 aliphatic carbocycles. The lowest BCUT2D eigenvalue weighted by molar-refractivity contribution is -0.136. The molecule has 8 heteroatoms. The van der Waals surface area contributed by atoms with Crippen LogP contribution in [-0.4, -0.2) is 68.5 Å². The van der Waals surface area contributed by atoms with Gasteiger partial charge in [-0.3, -0.25) is 9.69 Å². The molecular formula is C18H41NO5Si2. The van der Waals surface area contributed by atoms with E-state index in [1.54, 1.807) is 14.2 Å². The monoisotopic (exact) mass is 407 g/mol. The molecule has 0 unspecified atom stereocenters. The van der Waals surface area contributed by atoms with Crippen molar-refractivity contribution >= 4 is 23.1 Å². The topological polar surface area (TPSA) is 57.2 Å². The van der Waals surface area contributed by atoms with Crippen molar-refractivity contribution in [3.63, 3.8) is 0 Å². The highest BCUT2D eigenvalue weighted by Crippen LogP contribution is 2.22. The predicted molar refractivity (Wildman–Crippen MR) is 111 cm³/mol. The number of likely N-dealkylation sites (N-methyl/N-ethyl adjacent to an activating group) is 1. The van der Waals surface area contributed by atoms with Crippen LogP contribution in [0.3, 0.4) is 0 Å². The zero-order chi connectivity index (χ0) is 20.1. The summed E-state index contributed by atoms with van der Waals surface area (Å²) in [5, 5.41) is 0. The molecule has 26 heavy (non-hydrogen) atoms. The van der Waals surface area contributed by atoms with Crippen molar-refractivity contribution in [3.05, 3.63) is 0 Å². The van der Waals surface area contributed by atoms with Gasteiger partial charge in [0, 0.05) is 26.9 Å². The molecule has 0 saturated carbocycles. The summed E-state index contributed by atoms with van der Waals surface area (Å²) in [6, 6.07) is 3.72. The van der Waals surface area contributed by atoms with Crippen LogP contribution in [0.2, 0.25) is 24.2 Å². The van der Waals surface area contributed by atoms with Crippen LogP contribution in [0.15, 0.2) is 0 Å². The summed E-state index contributed by atoms with van der Waals surface area (Å²) in [5.74, 6) is -0.0757. The minimum absolute atomic E-state index is 0.0757. The van der Waals surface area contributed by atoms with Gasteiger partial charge < -0.3 is 17.7 Å². The molecule has 0 atom stereocenters. The molecule has 0 aromatic carbocycles. The molecule has 0 radical (unpaired) electrons. The Balaban J connectivity index is 4.55. The molecule has 0 aromatic heterocycles. The number of rotatable bonds is 16. The van der Waals surface area contributed by atoms with Crippen LogP contribution in [0.1, 0.15) is 47.5 Å². The van der Waals surface area contributed by atoms with Crippen molar-refractivity contribution in [1.29, 1.82) is 0 Å². The number of carbonyl (C=O) groups is 1. The Kier molecular flexibility index (Phi) is 13.7. The maximum atomic E-state index is 12.4. The Hall–Kier alpha value is -0.256. The lowest BCUT2D eigenvalue weighted by Crippen LogP contribution is -2.45. The standard InChI is InChI=1S/C18H41NO5Si2/c1-8-15-23-26(21-6,22-7)16-13-14-19(9-2)17-18(20)24-25(10-3,11-4)12-5/h8-17H2,1-7H3.